The van der Waals surface area contributed by atoms with Gasteiger partial charge in [0.1, 0.15) is 24.6 Å². The highest BCUT2D eigenvalue weighted by Gasteiger charge is 2.44. The van der Waals surface area contributed by atoms with Gasteiger partial charge in [0.05, 0.1) is 25.8 Å². The summed E-state index contributed by atoms with van der Waals surface area (Å²) in [5.41, 5.74) is 9.22. The van der Waals surface area contributed by atoms with Gasteiger partial charge < -0.3 is 41.7 Å². The third-order valence-electron chi connectivity index (χ3n) is 7.04. The molecular weight excluding hydrogens is 556 g/mol. The summed E-state index contributed by atoms with van der Waals surface area (Å²) in [4.78, 5) is 37.5. The number of rotatable bonds is 12. The van der Waals surface area contributed by atoms with Crippen LogP contribution in [0.15, 0.2) is 61.2 Å². The van der Waals surface area contributed by atoms with Crippen molar-refractivity contribution in [3.63, 3.8) is 0 Å². The lowest BCUT2D eigenvalue weighted by molar-refractivity contribution is -0.120. The van der Waals surface area contributed by atoms with Gasteiger partial charge in [-0.05, 0) is 48.4 Å². The number of nitrogens with one attached hydrogen (secondary N) is 3. The van der Waals surface area contributed by atoms with Gasteiger partial charge >= 0.3 is 0 Å². The molecule has 0 radical (unpaired) electrons. The van der Waals surface area contributed by atoms with Crippen LogP contribution in [0.5, 0.6) is 0 Å². The van der Waals surface area contributed by atoms with Crippen LogP contribution in [-0.2, 0) is 27.2 Å². The number of imidazole rings is 1. The molecule has 1 saturated heterocycles. The molecule has 1 aliphatic rings. The minimum atomic E-state index is -1.27. The van der Waals surface area contributed by atoms with Crippen molar-refractivity contribution in [1.29, 1.82) is 0 Å². The van der Waals surface area contributed by atoms with Gasteiger partial charge in [-0.2, -0.15) is 0 Å². The van der Waals surface area contributed by atoms with Crippen LogP contribution in [0.25, 0.3) is 11.2 Å². The zero-order valence-electron chi connectivity index (χ0n) is 23.3. The Kier molecular flexibility index (Phi) is 9.54. The van der Waals surface area contributed by atoms with Crippen LogP contribution in [0.4, 0.5) is 17.2 Å². The summed E-state index contributed by atoms with van der Waals surface area (Å²) in [6, 6.07) is 14.4. The summed E-state index contributed by atoms with van der Waals surface area (Å²) >= 11 is 0. The van der Waals surface area contributed by atoms with E-state index in [4.69, 9.17) is 10.5 Å². The summed E-state index contributed by atoms with van der Waals surface area (Å²) in [5.74, 6) is 0.163. The largest absolute Gasteiger partial charge is 0.394 e. The number of aromatic nitrogens is 4. The first-order valence-corrected chi connectivity index (χ1v) is 13.9. The minimum Gasteiger partial charge on any atom is -0.394 e. The summed E-state index contributed by atoms with van der Waals surface area (Å²) < 4.78 is 7.09. The molecule has 0 saturated carbocycles. The van der Waals surface area contributed by atoms with Crippen LogP contribution in [-0.4, -0.2) is 84.7 Å². The molecule has 14 heteroatoms. The Labute approximate surface area is 246 Å². The Morgan fingerprint density at radius 2 is 1.58 bits per heavy atom. The fourth-order valence-electron chi connectivity index (χ4n) is 4.76. The van der Waals surface area contributed by atoms with E-state index in [0.29, 0.717) is 41.4 Å². The quantitative estimate of drug-likeness (QED) is 0.112. The fraction of sp³-hybridized carbons (Fsp3) is 0.345. The third kappa shape index (κ3) is 7.13. The average molecular weight is 591 g/mol. The number of nitrogens with zero attached hydrogens (tertiary/aromatic N) is 4. The van der Waals surface area contributed by atoms with Gasteiger partial charge in [-0.25, -0.2) is 15.0 Å². The van der Waals surface area contributed by atoms with Crippen molar-refractivity contribution in [3.8, 4) is 0 Å². The van der Waals surface area contributed by atoms with Crippen LogP contribution in [0.1, 0.15) is 23.8 Å². The van der Waals surface area contributed by atoms with Gasteiger partial charge in [0, 0.05) is 17.9 Å². The number of amides is 2. The van der Waals surface area contributed by atoms with Crippen molar-refractivity contribution in [2.75, 3.05) is 30.3 Å². The number of benzene rings is 2. The van der Waals surface area contributed by atoms with Crippen molar-refractivity contribution in [1.82, 2.24) is 24.8 Å². The van der Waals surface area contributed by atoms with Crippen LogP contribution < -0.4 is 21.7 Å². The van der Waals surface area contributed by atoms with Crippen molar-refractivity contribution in [3.05, 3.63) is 72.3 Å². The fourth-order valence-corrected chi connectivity index (χ4v) is 4.76. The molecule has 0 bridgehead atoms. The molecule has 8 N–H and O–H groups in total. The van der Waals surface area contributed by atoms with Gasteiger partial charge in [0.25, 0.3) is 0 Å². The third-order valence-corrected chi connectivity index (χ3v) is 7.04. The van der Waals surface area contributed by atoms with Crippen LogP contribution >= 0.6 is 0 Å². The number of aliphatic hydroxyl groups excluding tert-OH is 3. The molecule has 0 spiro atoms. The molecule has 1 fully saturated rings. The Balaban J connectivity index is 1.16. The van der Waals surface area contributed by atoms with E-state index in [0.717, 1.165) is 17.5 Å². The second-order valence-electron chi connectivity index (χ2n) is 10.2. The summed E-state index contributed by atoms with van der Waals surface area (Å²) in [7, 11) is 0. The Morgan fingerprint density at radius 1 is 0.907 bits per heavy atom. The number of ether oxygens (including phenoxy) is 1. The maximum absolute atomic E-state index is 12.6. The summed E-state index contributed by atoms with van der Waals surface area (Å²) in [6.45, 7) is 0.643. The first-order chi connectivity index (χ1) is 20.9. The Hall–Kier alpha value is -4.47. The second-order valence-corrected chi connectivity index (χ2v) is 10.2. The molecule has 2 amide bonds. The normalized spacial score (nSPS) is 19.8. The lowest BCUT2D eigenvalue weighted by Crippen LogP contribution is -2.33. The number of carbonyl (C=O) groups excluding carboxylic acids is 2. The zero-order chi connectivity index (χ0) is 30.3. The van der Waals surface area contributed by atoms with E-state index in [9.17, 15) is 24.9 Å². The van der Waals surface area contributed by atoms with Crippen molar-refractivity contribution in [2.24, 2.45) is 5.73 Å². The van der Waals surface area contributed by atoms with E-state index in [-0.39, 0.29) is 24.7 Å². The molecule has 226 valence electrons. The van der Waals surface area contributed by atoms with Crippen LogP contribution in [0.3, 0.4) is 0 Å². The zero-order valence-corrected chi connectivity index (χ0v) is 23.3. The van der Waals surface area contributed by atoms with E-state index < -0.39 is 31.1 Å². The molecule has 5 rings (SSSR count). The molecule has 4 aromatic rings. The number of fused-ring (bicyclic) bond motifs is 1. The standard InChI is InChI=1S/C29H34N8O6/c30-10-1-11-31-22(39)12-17-2-6-19(7-3-17)35-23(40)13-18-4-8-20(9-5-18)36-27-24-28(33-15-32-27)37(16-34-24)29-26(42)25(41)21(14-38)43-29/h2-9,15-16,21,25-26,29,38,41-42H,1,10-14,30H2,(H,31,39)(H,35,40)(H,32,33,36). The number of nitrogens with two attached hydrogens (primary N) is 1. The second kappa shape index (κ2) is 13.7. The van der Waals surface area contributed by atoms with E-state index >= 15 is 0 Å². The number of carbonyl (C=O) groups is 2. The van der Waals surface area contributed by atoms with E-state index in [1.54, 1.807) is 12.1 Å². The van der Waals surface area contributed by atoms with Crippen molar-refractivity contribution >= 4 is 40.2 Å². The molecular formula is C29H34N8O6. The molecule has 4 unspecified atom stereocenters. The topological polar surface area (TPSA) is 210 Å². The summed E-state index contributed by atoms with van der Waals surface area (Å²) in [5, 5.41) is 38.8. The van der Waals surface area contributed by atoms with E-state index in [1.807, 2.05) is 36.4 Å². The smallest absolute Gasteiger partial charge is 0.228 e. The number of hydrogen-bond donors (Lipinski definition) is 7. The highest BCUT2D eigenvalue weighted by Crippen LogP contribution is 2.32. The Morgan fingerprint density at radius 3 is 2.23 bits per heavy atom. The lowest BCUT2D eigenvalue weighted by atomic mass is 10.1. The molecule has 3 heterocycles. The van der Waals surface area contributed by atoms with Crippen molar-refractivity contribution in [2.45, 2.75) is 43.8 Å². The highest BCUT2D eigenvalue weighted by molar-refractivity contribution is 5.92. The monoisotopic (exact) mass is 590 g/mol. The Bertz CT molecular complexity index is 1550. The first kappa shape index (κ1) is 30.0. The van der Waals surface area contributed by atoms with Gasteiger partial charge in [0.15, 0.2) is 23.2 Å². The predicted molar refractivity (Wildman–Crippen MR) is 157 cm³/mol. The predicted octanol–water partition coefficient (Wildman–Crippen LogP) is 0.370. The van der Waals surface area contributed by atoms with Crippen LogP contribution in [0, 0.1) is 0 Å². The average Bonchev–Trinajstić information content (AvgIpc) is 3.56. The maximum Gasteiger partial charge on any atom is 0.228 e. The number of aliphatic hydroxyl groups is 3. The van der Waals surface area contributed by atoms with Gasteiger partial charge in [-0.1, -0.05) is 24.3 Å². The molecule has 43 heavy (non-hydrogen) atoms. The summed E-state index contributed by atoms with van der Waals surface area (Å²) in [6.07, 6.45) is -0.477. The molecule has 0 aliphatic carbocycles. The lowest BCUT2D eigenvalue weighted by Gasteiger charge is -2.16. The number of anilines is 3. The van der Waals surface area contributed by atoms with Gasteiger partial charge in [-0.15, -0.1) is 0 Å². The van der Waals surface area contributed by atoms with Crippen LogP contribution in [0.2, 0.25) is 0 Å². The van der Waals surface area contributed by atoms with Crippen molar-refractivity contribution < 1.29 is 29.6 Å². The molecule has 14 nitrogen and oxygen atoms in total. The molecule has 2 aromatic carbocycles. The van der Waals surface area contributed by atoms with Gasteiger partial charge in [0.2, 0.25) is 11.8 Å². The minimum absolute atomic E-state index is 0.0712. The first-order valence-electron chi connectivity index (χ1n) is 13.9. The molecule has 1 aliphatic heterocycles. The van der Waals surface area contributed by atoms with E-state index in [2.05, 4.69) is 30.9 Å². The van der Waals surface area contributed by atoms with E-state index in [1.165, 1.54) is 17.2 Å². The molecule has 4 atom stereocenters. The number of hydrogen-bond acceptors (Lipinski definition) is 11. The SMILES string of the molecule is NCCCNC(=O)Cc1ccc(NC(=O)Cc2ccc(Nc3ncnc4c3ncn4C3OC(CO)C(O)C3O)cc2)cc1. The highest BCUT2D eigenvalue weighted by atomic mass is 16.6. The maximum atomic E-state index is 12.6. The van der Waals surface area contributed by atoms with Gasteiger partial charge in [-0.3, -0.25) is 14.2 Å². The molecule has 2 aromatic heterocycles.